The molecule has 0 heterocycles. The zero-order valence-electron chi connectivity index (χ0n) is 14.3. The number of rotatable bonds is 6. The predicted octanol–water partition coefficient (Wildman–Crippen LogP) is 3.23. The summed E-state index contributed by atoms with van der Waals surface area (Å²) < 4.78 is 11.0. The molecule has 0 saturated heterocycles. The minimum absolute atomic E-state index is 0.00459. The number of ether oxygens (including phenoxy) is 2. The first-order valence-corrected chi connectivity index (χ1v) is 8.35. The number of carbonyl (C=O) groups is 1. The highest BCUT2D eigenvalue weighted by Gasteiger charge is 2.14. The van der Waals surface area contributed by atoms with Gasteiger partial charge in [0.1, 0.15) is 18.1 Å². The van der Waals surface area contributed by atoms with E-state index in [-0.39, 0.29) is 19.1 Å². The van der Waals surface area contributed by atoms with Gasteiger partial charge in [0.15, 0.2) is 6.61 Å². The Labute approximate surface area is 148 Å². The molecule has 0 spiro atoms. The molecule has 3 rings (SSSR count). The van der Waals surface area contributed by atoms with Gasteiger partial charge in [-0.1, -0.05) is 12.0 Å². The normalized spacial score (nSPS) is 12.2. The van der Waals surface area contributed by atoms with Crippen molar-refractivity contribution in [3.8, 4) is 23.8 Å². The highest BCUT2D eigenvalue weighted by atomic mass is 16.5. The molecule has 0 radical (unpaired) electrons. The highest BCUT2D eigenvalue weighted by Crippen LogP contribution is 2.26. The highest BCUT2D eigenvalue weighted by molar-refractivity contribution is 5.93. The van der Waals surface area contributed by atoms with Crippen molar-refractivity contribution in [1.82, 2.24) is 0 Å². The van der Waals surface area contributed by atoms with E-state index in [1.807, 2.05) is 24.3 Å². The van der Waals surface area contributed by atoms with Crippen molar-refractivity contribution < 1.29 is 14.3 Å². The monoisotopic (exact) mass is 335 g/mol. The smallest absolute Gasteiger partial charge is 0.264 e. The fourth-order valence-electron chi connectivity index (χ4n) is 2.91. The maximum Gasteiger partial charge on any atom is 0.264 e. The van der Waals surface area contributed by atoms with E-state index in [9.17, 15) is 4.79 Å². The van der Waals surface area contributed by atoms with E-state index in [1.165, 1.54) is 17.5 Å². The molecule has 1 amide bonds. The topological polar surface area (TPSA) is 38.8 Å². The maximum absolute atomic E-state index is 12.4. The van der Waals surface area contributed by atoms with Crippen molar-refractivity contribution in [3.05, 3.63) is 53.6 Å². The lowest BCUT2D eigenvalue weighted by Gasteiger charge is -2.18. The van der Waals surface area contributed by atoms with Gasteiger partial charge in [0, 0.05) is 12.7 Å². The van der Waals surface area contributed by atoms with Crippen LogP contribution in [0.2, 0.25) is 0 Å². The molecule has 2 aromatic carbocycles. The van der Waals surface area contributed by atoms with Crippen molar-refractivity contribution in [2.45, 2.75) is 19.3 Å². The fraction of sp³-hybridized carbons (Fsp3) is 0.286. The summed E-state index contributed by atoms with van der Waals surface area (Å²) in [5, 5.41) is 0. The number of benzene rings is 2. The van der Waals surface area contributed by atoms with Gasteiger partial charge in [-0.3, -0.25) is 4.79 Å². The molecule has 0 aromatic heterocycles. The molecule has 0 bridgehead atoms. The van der Waals surface area contributed by atoms with Crippen LogP contribution in [0.15, 0.2) is 42.5 Å². The van der Waals surface area contributed by atoms with Crippen LogP contribution in [0.4, 0.5) is 5.69 Å². The van der Waals surface area contributed by atoms with Crippen molar-refractivity contribution in [1.29, 1.82) is 0 Å². The second-order valence-electron chi connectivity index (χ2n) is 6.01. The average molecular weight is 335 g/mol. The molecule has 0 unspecified atom stereocenters. The van der Waals surface area contributed by atoms with E-state index in [4.69, 9.17) is 15.9 Å². The van der Waals surface area contributed by atoms with Crippen molar-refractivity contribution in [3.63, 3.8) is 0 Å². The Hall–Kier alpha value is -2.93. The first-order valence-electron chi connectivity index (χ1n) is 8.35. The van der Waals surface area contributed by atoms with Gasteiger partial charge in [0.2, 0.25) is 0 Å². The molecular weight excluding hydrogens is 314 g/mol. The Bertz CT molecular complexity index is 790. The molecule has 0 saturated carbocycles. The van der Waals surface area contributed by atoms with Gasteiger partial charge < -0.3 is 14.4 Å². The van der Waals surface area contributed by atoms with Crippen LogP contribution in [0.1, 0.15) is 17.5 Å². The Morgan fingerprint density at radius 2 is 1.80 bits per heavy atom. The fourth-order valence-corrected chi connectivity index (χ4v) is 2.91. The lowest BCUT2D eigenvalue weighted by molar-refractivity contribution is -0.120. The molecule has 25 heavy (non-hydrogen) atoms. The van der Waals surface area contributed by atoms with Crippen LogP contribution in [0.5, 0.6) is 11.5 Å². The van der Waals surface area contributed by atoms with Crippen LogP contribution in [0.25, 0.3) is 0 Å². The van der Waals surface area contributed by atoms with Gasteiger partial charge in [0.25, 0.3) is 5.91 Å². The molecule has 0 N–H and O–H groups in total. The Morgan fingerprint density at radius 1 is 1.08 bits per heavy atom. The summed E-state index contributed by atoms with van der Waals surface area (Å²) >= 11 is 0. The minimum Gasteiger partial charge on any atom is -0.484 e. The number of carbonyl (C=O) groups excluding carboxylic acids is 1. The number of fused-ring (bicyclic) bond motifs is 1. The van der Waals surface area contributed by atoms with Crippen molar-refractivity contribution >= 4 is 11.6 Å². The molecule has 2 aromatic rings. The molecule has 4 nitrogen and oxygen atoms in total. The number of amides is 1. The molecule has 128 valence electrons. The molecule has 4 heteroatoms. The van der Waals surface area contributed by atoms with E-state index in [1.54, 1.807) is 24.1 Å². The zero-order chi connectivity index (χ0) is 17.6. The number of likely N-dealkylation sites (N-methyl/N-ethyl adjacent to an activating group) is 1. The Morgan fingerprint density at radius 3 is 2.56 bits per heavy atom. The quantitative estimate of drug-likeness (QED) is 0.761. The maximum atomic E-state index is 12.4. The van der Waals surface area contributed by atoms with Crippen LogP contribution in [-0.4, -0.2) is 26.2 Å². The summed E-state index contributed by atoms with van der Waals surface area (Å²) in [7, 11) is 1.73. The minimum atomic E-state index is -0.113. The van der Waals surface area contributed by atoms with E-state index >= 15 is 0 Å². The Balaban J connectivity index is 1.56. The first kappa shape index (κ1) is 16.9. The second-order valence-corrected chi connectivity index (χ2v) is 6.01. The van der Waals surface area contributed by atoms with Crippen LogP contribution < -0.4 is 14.4 Å². The van der Waals surface area contributed by atoms with E-state index < -0.39 is 0 Å². The van der Waals surface area contributed by atoms with Crippen LogP contribution in [0.3, 0.4) is 0 Å². The number of hydrogen-bond acceptors (Lipinski definition) is 3. The largest absolute Gasteiger partial charge is 0.484 e. The lowest BCUT2D eigenvalue weighted by Crippen LogP contribution is -2.31. The third-order valence-corrected chi connectivity index (χ3v) is 4.35. The third kappa shape index (κ3) is 4.13. The van der Waals surface area contributed by atoms with Crippen LogP contribution in [-0.2, 0) is 17.6 Å². The summed E-state index contributed by atoms with van der Waals surface area (Å²) in [5.41, 5.74) is 3.50. The van der Waals surface area contributed by atoms with E-state index in [0.717, 1.165) is 24.3 Å². The number of nitrogens with zero attached hydrogens (tertiary/aromatic N) is 1. The average Bonchev–Trinajstić information content (AvgIpc) is 3.12. The van der Waals surface area contributed by atoms with Gasteiger partial charge in [-0.25, -0.2) is 0 Å². The predicted molar refractivity (Wildman–Crippen MR) is 98.1 cm³/mol. The molecule has 0 fully saturated rings. The summed E-state index contributed by atoms with van der Waals surface area (Å²) in [4.78, 5) is 13.9. The van der Waals surface area contributed by atoms with Crippen LogP contribution in [0, 0.1) is 12.3 Å². The first-order chi connectivity index (χ1) is 12.2. The van der Waals surface area contributed by atoms with Gasteiger partial charge in [-0.15, -0.1) is 6.42 Å². The zero-order valence-corrected chi connectivity index (χ0v) is 14.3. The van der Waals surface area contributed by atoms with Gasteiger partial charge in [-0.2, -0.15) is 0 Å². The Kier molecular flexibility index (Phi) is 5.25. The molecular formula is C21H21NO3. The lowest BCUT2D eigenvalue weighted by atomic mass is 10.1. The van der Waals surface area contributed by atoms with Gasteiger partial charge in [0.05, 0.1) is 0 Å². The van der Waals surface area contributed by atoms with Gasteiger partial charge in [-0.05, 0) is 66.8 Å². The van der Waals surface area contributed by atoms with Crippen molar-refractivity contribution in [2.75, 3.05) is 25.2 Å². The number of hydrogen-bond donors (Lipinski definition) is 0. The van der Waals surface area contributed by atoms with Gasteiger partial charge >= 0.3 is 0 Å². The van der Waals surface area contributed by atoms with Crippen molar-refractivity contribution in [2.24, 2.45) is 0 Å². The van der Waals surface area contributed by atoms with Crippen LogP contribution >= 0.6 is 0 Å². The summed E-state index contributed by atoms with van der Waals surface area (Å²) in [6.07, 6.45) is 8.59. The molecule has 0 atom stereocenters. The molecule has 1 aliphatic carbocycles. The molecule has 1 aliphatic rings. The summed E-state index contributed by atoms with van der Waals surface area (Å²) in [6.45, 7) is 0.230. The summed E-state index contributed by atoms with van der Waals surface area (Å²) in [6, 6.07) is 13.3. The second kappa shape index (κ2) is 7.76. The van der Waals surface area contributed by atoms with E-state index in [0.29, 0.717) is 5.75 Å². The van der Waals surface area contributed by atoms with E-state index in [2.05, 4.69) is 12.0 Å². The SMILES string of the molecule is C#CCOc1ccc(N(C)C(=O)COc2ccc3c(c2)CCC3)cc1. The molecule has 0 aliphatic heterocycles. The number of terminal acetylenes is 1. The number of aryl methyl sites for hydroxylation is 2. The standard InChI is InChI=1S/C21H21NO3/c1-3-13-24-19-11-8-18(9-12-19)22(2)21(23)15-25-20-10-7-16-5-4-6-17(16)14-20/h1,7-12,14H,4-6,13,15H2,2H3. The summed E-state index contributed by atoms with van der Waals surface area (Å²) in [5.74, 6) is 3.73. The third-order valence-electron chi connectivity index (χ3n) is 4.35. The number of anilines is 1.